The Morgan fingerprint density at radius 2 is 2.03 bits per heavy atom. The zero-order chi connectivity index (χ0) is 23.4. The summed E-state index contributed by atoms with van der Waals surface area (Å²) in [5.74, 6) is -1.84. The van der Waals surface area contributed by atoms with Crippen LogP contribution in [0.3, 0.4) is 0 Å². The number of nitrogens with zero attached hydrogens (tertiary/aromatic N) is 3. The molecule has 2 heterocycles. The van der Waals surface area contributed by atoms with Crippen molar-refractivity contribution in [2.75, 3.05) is 33.7 Å². The summed E-state index contributed by atoms with van der Waals surface area (Å²) in [5, 5.41) is 6.64. The van der Waals surface area contributed by atoms with E-state index >= 15 is 0 Å². The van der Waals surface area contributed by atoms with E-state index in [0.29, 0.717) is 18.9 Å². The molecular weight excluding hydrogens is 418 g/mol. The molecule has 32 heavy (non-hydrogen) atoms. The van der Waals surface area contributed by atoms with Crippen molar-refractivity contribution in [3.05, 3.63) is 41.6 Å². The van der Waals surface area contributed by atoms with Gasteiger partial charge in [-0.1, -0.05) is 19.0 Å². The Hall–Kier alpha value is -2.81. The number of hydrogen-bond acceptors (Lipinski definition) is 5. The summed E-state index contributed by atoms with van der Waals surface area (Å²) in [6.07, 6.45) is 1.67. The van der Waals surface area contributed by atoms with Crippen LogP contribution in [0.15, 0.2) is 28.8 Å². The van der Waals surface area contributed by atoms with Gasteiger partial charge in [0.1, 0.15) is 11.6 Å². The summed E-state index contributed by atoms with van der Waals surface area (Å²) in [7, 11) is 3.41. The molecule has 0 saturated carbocycles. The first-order chi connectivity index (χ1) is 15.2. The number of aromatic nitrogens is 1. The maximum Gasteiger partial charge on any atom is 0.273 e. The highest BCUT2D eigenvalue weighted by atomic mass is 19.1. The molecule has 0 aliphatic carbocycles. The normalized spacial score (nSPS) is 19.2. The number of carbonyl (C=O) groups is 2. The molecule has 9 heteroatoms. The molecule has 0 radical (unpaired) electrons. The first-order valence-electron chi connectivity index (χ1n) is 10.8. The average molecular weight is 449 g/mol. The molecule has 1 aromatic carbocycles. The molecule has 7 nitrogen and oxygen atoms in total. The number of amides is 2. The van der Waals surface area contributed by atoms with Crippen LogP contribution < -0.4 is 5.32 Å². The van der Waals surface area contributed by atoms with Gasteiger partial charge < -0.3 is 19.6 Å². The van der Waals surface area contributed by atoms with E-state index in [1.165, 1.54) is 12.1 Å². The van der Waals surface area contributed by atoms with E-state index in [1.807, 2.05) is 0 Å². The number of carbonyl (C=O) groups excluding carboxylic acids is 2. The van der Waals surface area contributed by atoms with E-state index < -0.39 is 17.5 Å². The molecule has 1 saturated heterocycles. The van der Waals surface area contributed by atoms with Crippen molar-refractivity contribution in [2.45, 2.75) is 32.7 Å². The first kappa shape index (κ1) is 23.8. The van der Waals surface area contributed by atoms with E-state index in [4.69, 9.17) is 4.52 Å². The van der Waals surface area contributed by atoms with Crippen LogP contribution in [0.1, 0.15) is 37.2 Å². The lowest BCUT2D eigenvalue weighted by Gasteiger charge is -2.39. The van der Waals surface area contributed by atoms with Gasteiger partial charge in [-0.25, -0.2) is 8.78 Å². The molecule has 1 fully saturated rings. The lowest BCUT2D eigenvalue weighted by Crippen LogP contribution is -2.55. The topological polar surface area (TPSA) is 78.7 Å². The Labute approximate surface area is 186 Å². The van der Waals surface area contributed by atoms with Crippen LogP contribution in [0.5, 0.6) is 0 Å². The second-order valence-electron chi connectivity index (χ2n) is 8.89. The summed E-state index contributed by atoms with van der Waals surface area (Å²) in [5.41, 5.74) is -0.0147. The molecule has 0 spiro atoms. The minimum atomic E-state index is -0.807. The van der Waals surface area contributed by atoms with Gasteiger partial charge in [0.15, 0.2) is 11.5 Å². The largest absolute Gasteiger partial charge is 0.355 e. The molecule has 1 N–H and O–H groups in total. The van der Waals surface area contributed by atoms with Gasteiger partial charge in [-0.2, -0.15) is 0 Å². The van der Waals surface area contributed by atoms with Gasteiger partial charge in [0.25, 0.3) is 5.91 Å². The minimum absolute atomic E-state index is 0.0112. The molecule has 174 valence electrons. The fourth-order valence-electron chi connectivity index (χ4n) is 3.86. The van der Waals surface area contributed by atoms with E-state index in [9.17, 15) is 18.4 Å². The molecule has 3 rings (SSSR count). The molecular formula is C23H30F2N4O3. The third kappa shape index (κ3) is 5.70. The van der Waals surface area contributed by atoms with Crippen molar-refractivity contribution in [3.63, 3.8) is 0 Å². The number of piperidine rings is 1. The second kappa shape index (κ2) is 10.2. The number of benzene rings is 1. The molecule has 1 aliphatic heterocycles. The molecule has 2 aromatic rings. The fraction of sp³-hybridized carbons (Fsp3) is 0.522. The van der Waals surface area contributed by atoms with Crippen molar-refractivity contribution < 1.29 is 22.9 Å². The van der Waals surface area contributed by atoms with Crippen LogP contribution >= 0.6 is 0 Å². The Balaban J connectivity index is 1.71. The molecule has 1 aliphatic rings. The van der Waals surface area contributed by atoms with E-state index in [-0.39, 0.29) is 34.9 Å². The number of rotatable bonds is 7. The number of nitrogens with one attached hydrogen (secondary N) is 1. The Bertz CT molecular complexity index is 960. The summed E-state index contributed by atoms with van der Waals surface area (Å²) in [4.78, 5) is 29.4. The summed E-state index contributed by atoms with van der Waals surface area (Å²) in [6.45, 7) is 6.59. The maximum absolute atomic E-state index is 14.0. The third-order valence-electron chi connectivity index (χ3n) is 5.73. The summed E-state index contributed by atoms with van der Waals surface area (Å²) < 4.78 is 32.3. The second-order valence-corrected chi connectivity index (χ2v) is 8.89. The van der Waals surface area contributed by atoms with Crippen molar-refractivity contribution in [2.24, 2.45) is 11.8 Å². The van der Waals surface area contributed by atoms with Crippen LogP contribution in [0.2, 0.25) is 0 Å². The minimum Gasteiger partial charge on any atom is -0.355 e. The van der Waals surface area contributed by atoms with Crippen LogP contribution in [-0.2, 0) is 4.79 Å². The number of hydrogen-bond donors (Lipinski definition) is 1. The van der Waals surface area contributed by atoms with Gasteiger partial charge >= 0.3 is 0 Å². The highest BCUT2D eigenvalue weighted by Gasteiger charge is 2.36. The maximum atomic E-state index is 14.0. The SMILES string of the molecule is CC(C)CCN1CCC(NC(=O)c2cc(-c3ccc(F)cc3F)on2)C(C(=O)N(C)C)C1. The van der Waals surface area contributed by atoms with E-state index in [1.54, 1.807) is 19.0 Å². The molecule has 1 aromatic heterocycles. The standard InChI is InChI=1S/C23H30F2N4O3/c1-14(2)7-9-29-10-8-19(17(13-29)23(31)28(3)4)26-22(30)20-12-21(32-27-20)16-6-5-15(24)11-18(16)25/h5-6,11-12,14,17,19H,7-10,13H2,1-4H3,(H,26,30). The van der Waals surface area contributed by atoms with Gasteiger partial charge in [-0.15, -0.1) is 0 Å². The monoisotopic (exact) mass is 448 g/mol. The number of halogens is 2. The zero-order valence-corrected chi connectivity index (χ0v) is 18.9. The number of likely N-dealkylation sites (tertiary alicyclic amines) is 1. The Morgan fingerprint density at radius 1 is 1.28 bits per heavy atom. The van der Waals surface area contributed by atoms with Crippen LogP contribution in [0, 0.1) is 23.5 Å². The smallest absolute Gasteiger partial charge is 0.273 e. The van der Waals surface area contributed by atoms with Crippen molar-refractivity contribution >= 4 is 11.8 Å². The highest BCUT2D eigenvalue weighted by molar-refractivity contribution is 5.93. The first-order valence-corrected chi connectivity index (χ1v) is 10.8. The molecule has 2 unspecified atom stereocenters. The van der Waals surface area contributed by atoms with Crippen molar-refractivity contribution in [1.29, 1.82) is 0 Å². The fourth-order valence-corrected chi connectivity index (χ4v) is 3.86. The van der Waals surface area contributed by atoms with Gasteiger partial charge in [-0.05, 0) is 37.4 Å². The molecule has 2 atom stereocenters. The van der Waals surface area contributed by atoms with Crippen LogP contribution in [-0.4, -0.2) is 66.5 Å². The lowest BCUT2D eigenvalue weighted by molar-refractivity contribution is -0.135. The van der Waals surface area contributed by atoms with E-state index in [2.05, 4.69) is 29.2 Å². The Kier molecular flexibility index (Phi) is 7.60. The Morgan fingerprint density at radius 3 is 2.69 bits per heavy atom. The van der Waals surface area contributed by atoms with Crippen LogP contribution in [0.25, 0.3) is 11.3 Å². The van der Waals surface area contributed by atoms with Crippen molar-refractivity contribution in [1.82, 2.24) is 20.3 Å². The van der Waals surface area contributed by atoms with Gasteiger partial charge in [0.05, 0.1) is 11.5 Å². The molecule has 0 bridgehead atoms. The summed E-state index contributed by atoms with van der Waals surface area (Å²) in [6, 6.07) is 4.03. The van der Waals surface area contributed by atoms with Gasteiger partial charge in [0, 0.05) is 45.4 Å². The zero-order valence-electron chi connectivity index (χ0n) is 18.9. The third-order valence-corrected chi connectivity index (χ3v) is 5.73. The van der Waals surface area contributed by atoms with Crippen molar-refractivity contribution in [3.8, 4) is 11.3 Å². The predicted molar refractivity (Wildman–Crippen MR) is 116 cm³/mol. The summed E-state index contributed by atoms with van der Waals surface area (Å²) >= 11 is 0. The van der Waals surface area contributed by atoms with Crippen LogP contribution in [0.4, 0.5) is 8.78 Å². The predicted octanol–water partition coefficient (Wildman–Crippen LogP) is 3.17. The highest BCUT2D eigenvalue weighted by Crippen LogP contribution is 2.25. The average Bonchev–Trinajstić information content (AvgIpc) is 3.22. The molecule has 2 amide bonds. The lowest BCUT2D eigenvalue weighted by atomic mass is 9.90. The quantitative estimate of drug-likeness (QED) is 0.704. The van der Waals surface area contributed by atoms with Gasteiger partial charge in [0.2, 0.25) is 5.91 Å². The van der Waals surface area contributed by atoms with E-state index in [0.717, 1.165) is 31.6 Å². The van der Waals surface area contributed by atoms with Gasteiger partial charge in [-0.3, -0.25) is 9.59 Å².